The fraction of sp³-hybridized carbons (Fsp3) is 0.273. The van der Waals surface area contributed by atoms with E-state index in [-0.39, 0.29) is 16.6 Å². The van der Waals surface area contributed by atoms with Crippen molar-refractivity contribution in [3.05, 3.63) is 58.9 Å². The topological polar surface area (TPSA) is 73.6 Å². The van der Waals surface area contributed by atoms with Gasteiger partial charge in [0.2, 0.25) is 0 Å². The monoisotopic (exact) mass is 423 g/mol. The summed E-state index contributed by atoms with van der Waals surface area (Å²) in [5.41, 5.74) is 1.19. The number of thiocarbonyl (C=S) groups is 1. The van der Waals surface area contributed by atoms with Crippen molar-refractivity contribution in [2.45, 2.75) is 31.7 Å². The molecule has 1 amide bonds. The maximum absolute atomic E-state index is 14.6. The second-order valence-corrected chi connectivity index (χ2v) is 7.78. The largest absolute Gasteiger partial charge is 0.465 e. The fourth-order valence-electron chi connectivity index (χ4n) is 4.04. The molecule has 1 saturated heterocycles. The molecule has 0 aromatic heterocycles. The summed E-state index contributed by atoms with van der Waals surface area (Å²) >= 11 is 5.66. The third kappa shape index (κ3) is 2.77. The van der Waals surface area contributed by atoms with E-state index in [9.17, 15) is 19.2 Å². The van der Waals surface area contributed by atoms with Gasteiger partial charge in [-0.05, 0) is 80.4 Å². The van der Waals surface area contributed by atoms with Crippen molar-refractivity contribution in [2.75, 3.05) is 16.9 Å². The van der Waals surface area contributed by atoms with Gasteiger partial charge in [-0.1, -0.05) is 0 Å². The van der Waals surface area contributed by atoms with Crippen LogP contribution in [0.5, 0.6) is 0 Å². The van der Waals surface area contributed by atoms with Crippen molar-refractivity contribution in [1.82, 2.24) is 0 Å². The fourth-order valence-corrected chi connectivity index (χ4v) is 4.51. The lowest BCUT2D eigenvalue weighted by Crippen LogP contribution is -2.55. The Morgan fingerprint density at radius 1 is 1.23 bits per heavy atom. The third-order valence-corrected chi connectivity index (χ3v) is 6.16. The zero-order valence-electron chi connectivity index (χ0n) is 16.4. The standard InChI is InChI=1S/C22H18FN3O3S/c1-13-10-15(5-4-14(13)12-24)25-20(28)22(8-3-9-22)26(21(25)30)16-6-7-17(18(23)11-16)19(27)29-2/h4-7,10-11H,3,8-9H2,1-2H3. The van der Waals surface area contributed by atoms with E-state index < -0.39 is 17.3 Å². The van der Waals surface area contributed by atoms with Crippen molar-refractivity contribution in [3.8, 4) is 6.07 Å². The molecule has 1 spiro atoms. The predicted octanol–water partition coefficient (Wildman–Crippen LogP) is 3.85. The highest BCUT2D eigenvalue weighted by Crippen LogP contribution is 2.48. The van der Waals surface area contributed by atoms with Gasteiger partial charge in [0.05, 0.1) is 30.0 Å². The van der Waals surface area contributed by atoms with Crippen LogP contribution >= 0.6 is 12.2 Å². The molecule has 2 aromatic rings. The van der Waals surface area contributed by atoms with Gasteiger partial charge in [-0.25, -0.2) is 9.18 Å². The van der Waals surface area contributed by atoms with Gasteiger partial charge in [-0.15, -0.1) is 0 Å². The van der Waals surface area contributed by atoms with Gasteiger partial charge in [-0.2, -0.15) is 5.26 Å². The molecule has 1 aliphatic heterocycles. The lowest BCUT2D eigenvalue weighted by Gasteiger charge is -2.43. The minimum atomic E-state index is -0.863. The zero-order valence-corrected chi connectivity index (χ0v) is 17.3. The Bertz CT molecular complexity index is 1140. The quantitative estimate of drug-likeness (QED) is 0.552. The number of esters is 1. The number of hydrogen-bond acceptors (Lipinski definition) is 5. The molecule has 2 aliphatic rings. The van der Waals surface area contributed by atoms with E-state index in [4.69, 9.17) is 12.2 Å². The molecule has 4 rings (SSSR count). The van der Waals surface area contributed by atoms with Crippen LogP contribution in [0.15, 0.2) is 36.4 Å². The van der Waals surface area contributed by atoms with Crippen LogP contribution in [0, 0.1) is 24.1 Å². The molecule has 0 bridgehead atoms. The lowest BCUT2D eigenvalue weighted by molar-refractivity contribution is -0.123. The smallest absolute Gasteiger partial charge is 0.340 e. The lowest BCUT2D eigenvalue weighted by atomic mass is 9.75. The van der Waals surface area contributed by atoms with E-state index in [0.29, 0.717) is 29.8 Å². The first-order valence-electron chi connectivity index (χ1n) is 9.41. The summed E-state index contributed by atoms with van der Waals surface area (Å²) in [6.45, 7) is 1.80. The van der Waals surface area contributed by atoms with Crippen LogP contribution in [0.4, 0.5) is 15.8 Å². The average molecular weight is 423 g/mol. The van der Waals surface area contributed by atoms with E-state index >= 15 is 0 Å². The van der Waals surface area contributed by atoms with Crippen LogP contribution in [-0.4, -0.2) is 29.6 Å². The van der Waals surface area contributed by atoms with Crippen molar-refractivity contribution in [3.63, 3.8) is 0 Å². The van der Waals surface area contributed by atoms with Gasteiger partial charge >= 0.3 is 5.97 Å². The molecule has 0 radical (unpaired) electrons. The van der Waals surface area contributed by atoms with Crippen LogP contribution in [-0.2, 0) is 9.53 Å². The van der Waals surface area contributed by atoms with Crippen molar-refractivity contribution < 1.29 is 18.7 Å². The predicted molar refractivity (Wildman–Crippen MR) is 113 cm³/mol. The van der Waals surface area contributed by atoms with Gasteiger partial charge in [0, 0.05) is 5.69 Å². The molecule has 0 atom stereocenters. The number of methoxy groups -OCH3 is 1. The van der Waals surface area contributed by atoms with Crippen molar-refractivity contribution in [2.24, 2.45) is 0 Å². The van der Waals surface area contributed by atoms with Gasteiger partial charge in [0.15, 0.2) is 5.11 Å². The van der Waals surface area contributed by atoms with Gasteiger partial charge in [0.1, 0.15) is 11.4 Å². The summed E-state index contributed by atoms with van der Waals surface area (Å²) in [5.74, 6) is -1.68. The van der Waals surface area contributed by atoms with Crippen molar-refractivity contribution in [1.29, 1.82) is 5.26 Å². The highest BCUT2D eigenvalue weighted by molar-refractivity contribution is 7.81. The number of carbonyl (C=O) groups is 2. The van der Waals surface area contributed by atoms with E-state index in [0.717, 1.165) is 12.0 Å². The molecule has 2 fully saturated rings. The molecule has 8 heteroatoms. The molecule has 1 saturated carbocycles. The van der Waals surface area contributed by atoms with Crippen LogP contribution in [0.3, 0.4) is 0 Å². The Morgan fingerprint density at radius 2 is 1.93 bits per heavy atom. The van der Waals surface area contributed by atoms with E-state index in [1.165, 1.54) is 24.1 Å². The molecular weight excluding hydrogens is 405 g/mol. The zero-order chi connectivity index (χ0) is 21.6. The highest BCUT2D eigenvalue weighted by atomic mass is 32.1. The van der Waals surface area contributed by atoms with Gasteiger partial charge in [-0.3, -0.25) is 9.69 Å². The number of ether oxygens (including phenoxy) is 1. The summed E-state index contributed by atoms with van der Waals surface area (Å²) < 4.78 is 19.2. The molecule has 152 valence electrons. The number of anilines is 2. The normalized spacial score (nSPS) is 17.1. The number of nitrogens with zero attached hydrogens (tertiary/aromatic N) is 3. The number of aryl methyl sites for hydroxylation is 1. The van der Waals surface area contributed by atoms with Gasteiger partial charge < -0.3 is 9.64 Å². The summed E-state index contributed by atoms with van der Waals surface area (Å²) in [7, 11) is 1.19. The number of halogens is 1. The maximum Gasteiger partial charge on any atom is 0.340 e. The molecule has 30 heavy (non-hydrogen) atoms. The first kappa shape index (κ1) is 20.0. The van der Waals surface area contributed by atoms with Crippen LogP contribution in [0.25, 0.3) is 0 Å². The molecule has 1 heterocycles. The summed E-state index contributed by atoms with van der Waals surface area (Å²) in [5, 5.41) is 9.42. The SMILES string of the molecule is COC(=O)c1ccc(N2C(=S)N(c3ccc(C#N)c(C)c3)C(=O)C23CCC3)cc1F. The van der Waals surface area contributed by atoms with Crippen LogP contribution in [0.2, 0.25) is 0 Å². The summed E-state index contributed by atoms with van der Waals surface area (Å²) in [4.78, 5) is 28.3. The van der Waals surface area contributed by atoms with Crippen LogP contribution < -0.4 is 9.80 Å². The Morgan fingerprint density at radius 3 is 2.47 bits per heavy atom. The minimum absolute atomic E-state index is 0.166. The highest BCUT2D eigenvalue weighted by Gasteiger charge is 2.59. The van der Waals surface area contributed by atoms with Crippen LogP contribution in [0.1, 0.15) is 40.7 Å². The third-order valence-electron chi connectivity index (χ3n) is 5.80. The van der Waals surface area contributed by atoms with Gasteiger partial charge in [0.25, 0.3) is 5.91 Å². The molecule has 1 aliphatic carbocycles. The van der Waals surface area contributed by atoms with E-state index in [1.54, 1.807) is 36.1 Å². The molecule has 0 N–H and O–H groups in total. The number of benzene rings is 2. The van der Waals surface area contributed by atoms with E-state index in [2.05, 4.69) is 10.8 Å². The number of hydrogen-bond donors (Lipinski definition) is 0. The molecular formula is C22H18FN3O3S. The van der Waals surface area contributed by atoms with Crippen molar-refractivity contribution >= 4 is 40.6 Å². The Kier molecular flexibility index (Phi) is 4.79. The molecule has 6 nitrogen and oxygen atoms in total. The Labute approximate surface area is 178 Å². The Hall–Kier alpha value is -3.31. The average Bonchev–Trinajstić information content (AvgIpc) is 2.94. The molecule has 2 aromatic carbocycles. The minimum Gasteiger partial charge on any atom is -0.465 e. The second-order valence-electron chi connectivity index (χ2n) is 7.41. The summed E-state index contributed by atoms with van der Waals surface area (Å²) in [6.07, 6.45) is 2.05. The Balaban J connectivity index is 1.78. The number of amides is 1. The number of rotatable bonds is 3. The number of carbonyl (C=O) groups excluding carboxylic acids is 2. The number of nitriles is 1. The first-order chi connectivity index (χ1) is 14.3. The van der Waals surface area contributed by atoms with E-state index in [1.807, 2.05) is 0 Å². The first-order valence-corrected chi connectivity index (χ1v) is 9.82. The molecule has 0 unspecified atom stereocenters. The second kappa shape index (κ2) is 7.18. The summed E-state index contributed by atoms with van der Waals surface area (Å²) in [6, 6.07) is 11.3. The maximum atomic E-state index is 14.6.